The van der Waals surface area contributed by atoms with Crippen molar-refractivity contribution < 1.29 is 27.5 Å². The van der Waals surface area contributed by atoms with Crippen LogP contribution >= 0.6 is 0 Å². The average Bonchev–Trinajstić information content (AvgIpc) is 3.59. The van der Waals surface area contributed by atoms with Gasteiger partial charge < -0.3 is 15.4 Å². The molecule has 3 aromatic rings. The van der Waals surface area contributed by atoms with E-state index in [1.807, 2.05) is 6.92 Å². The van der Waals surface area contributed by atoms with Gasteiger partial charge in [-0.2, -0.15) is 23.4 Å². The molecule has 0 unspecified atom stereocenters. The standard InChI is InChI=1S/C30H40F3N9O3/c1-2-41-26(35-17-36-41)28(44)38-25(18-7-5-3-4-6-8-18)23-16-42-29(37-23)39-24(19-9-11-45-12-10-19)22(40-42)14-20-13-21(30(31,32)33)15-34-27(20)43/h16-21,25H,2-15H2,1H3,(H,34,43)(H,38,44)/t20-,21-,25+/m1/s1. The van der Waals surface area contributed by atoms with Crippen LogP contribution in [0.2, 0.25) is 0 Å². The molecule has 0 radical (unpaired) electrons. The number of carbonyl (C=O) groups is 2. The van der Waals surface area contributed by atoms with E-state index in [4.69, 9.17) is 19.8 Å². The highest BCUT2D eigenvalue weighted by Gasteiger charge is 2.45. The van der Waals surface area contributed by atoms with E-state index in [9.17, 15) is 22.8 Å². The third kappa shape index (κ3) is 6.97. The number of carbonyl (C=O) groups excluding carboxylic acids is 2. The number of alkyl halides is 3. The predicted molar refractivity (Wildman–Crippen MR) is 155 cm³/mol. The number of amides is 2. The Morgan fingerprint density at radius 3 is 2.60 bits per heavy atom. The number of hydrogen-bond donors (Lipinski definition) is 2. The van der Waals surface area contributed by atoms with Crippen LogP contribution in [0.1, 0.15) is 104 Å². The lowest BCUT2D eigenvalue weighted by molar-refractivity contribution is -0.183. The van der Waals surface area contributed by atoms with E-state index in [1.54, 1.807) is 15.4 Å². The van der Waals surface area contributed by atoms with E-state index in [-0.39, 0.29) is 36.4 Å². The summed E-state index contributed by atoms with van der Waals surface area (Å²) < 4.78 is 49.4. The molecule has 3 aliphatic rings. The molecule has 2 N–H and O–H groups in total. The summed E-state index contributed by atoms with van der Waals surface area (Å²) >= 11 is 0. The Kier molecular flexibility index (Phi) is 9.33. The van der Waals surface area contributed by atoms with Crippen LogP contribution < -0.4 is 10.6 Å². The molecule has 6 rings (SSSR count). The Hall–Kier alpha value is -3.62. The van der Waals surface area contributed by atoms with Gasteiger partial charge in [0.2, 0.25) is 11.7 Å². The number of nitrogens with one attached hydrogen (secondary N) is 2. The number of nitrogens with zero attached hydrogens (tertiary/aromatic N) is 7. The van der Waals surface area contributed by atoms with Crippen LogP contribution in [0.5, 0.6) is 0 Å². The zero-order valence-corrected chi connectivity index (χ0v) is 25.4. The van der Waals surface area contributed by atoms with Crippen LogP contribution in [0.4, 0.5) is 13.2 Å². The number of imidazole rings is 1. The summed E-state index contributed by atoms with van der Waals surface area (Å²) in [5, 5.41) is 14.6. The second-order valence-corrected chi connectivity index (χ2v) is 12.5. The van der Waals surface area contributed by atoms with E-state index in [0.717, 1.165) is 38.5 Å². The summed E-state index contributed by atoms with van der Waals surface area (Å²) in [6.45, 7) is 3.05. The molecule has 45 heavy (non-hydrogen) atoms. The van der Waals surface area contributed by atoms with Gasteiger partial charge in [0, 0.05) is 44.6 Å². The van der Waals surface area contributed by atoms with E-state index < -0.39 is 36.5 Å². The molecule has 5 heterocycles. The second-order valence-electron chi connectivity index (χ2n) is 12.5. The number of aryl methyl sites for hydroxylation is 1. The third-order valence-corrected chi connectivity index (χ3v) is 9.50. The van der Waals surface area contributed by atoms with Crippen LogP contribution in [0, 0.1) is 17.8 Å². The molecule has 0 aromatic carbocycles. The fourth-order valence-corrected chi connectivity index (χ4v) is 6.99. The fraction of sp³-hybridized carbons (Fsp3) is 0.700. The molecule has 0 spiro atoms. The maximum absolute atomic E-state index is 13.6. The smallest absolute Gasteiger partial charge is 0.381 e. The summed E-state index contributed by atoms with van der Waals surface area (Å²) in [6, 6.07) is -0.423. The van der Waals surface area contributed by atoms with Gasteiger partial charge in [-0.15, -0.1) is 0 Å². The zero-order chi connectivity index (χ0) is 31.6. The number of aromatic nitrogens is 7. The molecular weight excluding hydrogens is 591 g/mol. The van der Waals surface area contributed by atoms with Crippen LogP contribution in [0.25, 0.3) is 5.78 Å². The number of hydrogen-bond acceptors (Lipinski definition) is 8. The molecule has 15 heteroatoms. The third-order valence-electron chi connectivity index (χ3n) is 9.50. The number of fused-ring (bicyclic) bond motifs is 1. The highest BCUT2D eigenvalue weighted by Crippen LogP contribution is 2.37. The Labute approximate surface area is 258 Å². The lowest BCUT2D eigenvalue weighted by Crippen LogP contribution is -2.47. The number of rotatable bonds is 8. The first-order chi connectivity index (χ1) is 21.7. The Morgan fingerprint density at radius 1 is 1.13 bits per heavy atom. The second kappa shape index (κ2) is 13.4. The number of ether oxygens (including phenoxy) is 1. The van der Waals surface area contributed by atoms with Crippen molar-refractivity contribution in [1.82, 2.24) is 45.0 Å². The maximum Gasteiger partial charge on any atom is 0.393 e. The monoisotopic (exact) mass is 631 g/mol. The lowest BCUT2D eigenvalue weighted by Gasteiger charge is -2.31. The van der Waals surface area contributed by atoms with E-state index in [2.05, 4.69) is 20.7 Å². The van der Waals surface area contributed by atoms with Crippen molar-refractivity contribution in [2.75, 3.05) is 19.8 Å². The van der Waals surface area contributed by atoms with Gasteiger partial charge >= 0.3 is 6.18 Å². The molecule has 2 saturated heterocycles. The van der Waals surface area contributed by atoms with Crippen molar-refractivity contribution in [3.8, 4) is 0 Å². The van der Waals surface area contributed by atoms with Gasteiger partial charge in [-0.05, 0) is 44.9 Å². The Balaban J connectivity index is 1.36. The molecule has 3 aromatic heterocycles. The molecule has 3 fully saturated rings. The van der Waals surface area contributed by atoms with E-state index in [0.29, 0.717) is 55.5 Å². The molecule has 12 nitrogen and oxygen atoms in total. The molecule has 3 atom stereocenters. The topological polar surface area (TPSA) is 141 Å². The Bertz CT molecular complexity index is 1490. The lowest BCUT2D eigenvalue weighted by atomic mass is 9.84. The molecule has 2 aliphatic heterocycles. The molecule has 0 bridgehead atoms. The Morgan fingerprint density at radius 2 is 1.89 bits per heavy atom. The fourth-order valence-electron chi connectivity index (χ4n) is 6.99. The molecule has 1 aliphatic carbocycles. The minimum absolute atomic E-state index is 0.0192. The first-order valence-electron chi connectivity index (χ1n) is 16.1. The van der Waals surface area contributed by atoms with Crippen molar-refractivity contribution >= 4 is 17.6 Å². The van der Waals surface area contributed by atoms with Crippen molar-refractivity contribution in [2.45, 2.75) is 95.8 Å². The number of halogens is 3. The van der Waals surface area contributed by atoms with E-state index in [1.165, 1.54) is 6.33 Å². The van der Waals surface area contributed by atoms with Crippen molar-refractivity contribution in [2.24, 2.45) is 17.8 Å². The summed E-state index contributed by atoms with van der Waals surface area (Å²) in [5.74, 6) is -2.54. The van der Waals surface area contributed by atoms with Gasteiger partial charge in [0.25, 0.3) is 11.7 Å². The molecule has 2 amide bonds. The first kappa shape index (κ1) is 31.4. The van der Waals surface area contributed by atoms with Crippen LogP contribution in [0.15, 0.2) is 12.5 Å². The predicted octanol–water partition coefficient (Wildman–Crippen LogP) is 3.93. The van der Waals surface area contributed by atoms with Crippen molar-refractivity contribution in [1.29, 1.82) is 0 Å². The highest BCUT2D eigenvalue weighted by atomic mass is 19.4. The van der Waals surface area contributed by atoms with Gasteiger partial charge in [-0.25, -0.2) is 24.1 Å². The van der Waals surface area contributed by atoms with E-state index >= 15 is 0 Å². The average molecular weight is 632 g/mol. The molecular formula is C30H40F3N9O3. The van der Waals surface area contributed by atoms with Gasteiger partial charge in [-0.1, -0.05) is 25.7 Å². The van der Waals surface area contributed by atoms with Crippen LogP contribution in [-0.4, -0.2) is 72.1 Å². The van der Waals surface area contributed by atoms with Gasteiger partial charge in [0.1, 0.15) is 6.33 Å². The summed E-state index contributed by atoms with van der Waals surface area (Å²) in [5.41, 5.74) is 1.75. The zero-order valence-electron chi connectivity index (χ0n) is 25.4. The largest absolute Gasteiger partial charge is 0.393 e. The first-order valence-corrected chi connectivity index (χ1v) is 16.1. The number of piperidine rings is 1. The maximum atomic E-state index is 13.6. The summed E-state index contributed by atoms with van der Waals surface area (Å²) in [4.78, 5) is 40.2. The molecule has 244 valence electrons. The van der Waals surface area contributed by atoms with Gasteiger partial charge in [-0.3, -0.25) is 9.59 Å². The van der Waals surface area contributed by atoms with Crippen LogP contribution in [0.3, 0.4) is 0 Å². The SMILES string of the molecule is CCn1ncnc1C(=O)N[C@H](c1cn2nc(C[C@H]3C[C@@H](C(F)(F)F)CNC3=O)c(C3CCOCC3)nc2n1)C1CCCCCC1. The van der Waals surface area contributed by atoms with Crippen LogP contribution in [-0.2, 0) is 22.5 Å². The normalized spacial score (nSPS) is 23.1. The molecule has 1 saturated carbocycles. The summed E-state index contributed by atoms with van der Waals surface area (Å²) in [6.07, 6.45) is 6.05. The van der Waals surface area contributed by atoms with Crippen molar-refractivity contribution in [3.05, 3.63) is 35.4 Å². The summed E-state index contributed by atoms with van der Waals surface area (Å²) in [7, 11) is 0. The minimum Gasteiger partial charge on any atom is -0.381 e. The van der Waals surface area contributed by atoms with Gasteiger partial charge in [0.05, 0.1) is 35.2 Å². The quantitative estimate of drug-likeness (QED) is 0.357. The highest BCUT2D eigenvalue weighted by molar-refractivity contribution is 5.90. The van der Waals surface area contributed by atoms with Gasteiger partial charge in [0.15, 0.2) is 0 Å². The van der Waals surface area contributed by atoms with Crippen molar-refractivity contribution in [3.63, 3.8) is 0 Å². The minimum atomic E-state index is -4.40.